The number of pyridine rings is 1. The van der Waals surface area contributed by atoms with E-state index < -0.39 is 0 Å². The van der Waals surface area contributed by atoms with Crippen LogP contribution in [-0.4, -0.2) is 33.3 Å². The van der Waals surface area contributed by atoms with Crippen LogP contribution in [0.3, 0.4) is 0 Å². The lowest BCUT2D eigenvalue weighted by Crippen LogP contribution is -2.25. The van der Waals surface area contributed by atoms with Gasteiger partial charge in [-0.05, 0) is 24.3 Å². The third-order valence-electron chi connectivity index (χ3n) is 3.39. The number of thioether (sulfide) groups is 1. The Hall–Kier alpha value is -2.67. The van der Waals surface area contributed by atoms with E-state index in [1.807, 2.05) is 30.3 Å². The van der Waals surface area contributed by atoms with Gasteiger partial charge in [0, 0.05) is 48.0 Å². The van der Waals surface area contributed by atoms with Crippen molar-refractivity contribution >= 4 is 17.7 Å². The number of hydrogen-bond acceptors (Lipinski definition) is 6. The molecule has 0 fully saturated rings. The van der Waals surface area contributed by atoms with Crippen molar-refractivity contribution in [2.75, 3.05) is 12.3 Å². The molecule has 0 saturated heterocycles. The number of hydrogen-bond donors (Lipinski definition) is 1. The minimum atomic E-state index is -0.0187. The minimum absolute atomic E-state index is 0.0187. The van der Waals surface area contributed by atoms with E-state index in [1.165, 1.54) is 4.90 Å². The van der Waals surface area contributed by atoms with Crippen LogP contribution in [0.5, 0.6) is 0 Å². The molecule has 1 N–H and O–H groups in total. The summed E-state index contributed by atoms with van der Waals surface area (Å²) in [5.74, 6) is 1.76. The zero-order valence-electron chi connectivity index (χ0n) is 13.6. The highest BCUT2D eigenvalue weighted by molar-refractivity contribution is 7.99. The molecule has 7 heteroatoms. The molecule has 0 unspecified atom stereocenters. The number of nitrogens with one attached hydrogen (secondary N) is 1. The van der Waals surface area contributed by atoms with Gasteiger partial charge < -0.3 is 9.84 Å². The molecule has 2 heterocycles. The van der Waals surface area contributed by atoms with Crippen LogP contribution in [0, 0.1) is 0 Å². The highest BCUT2D eigenvalue weighted by Gasteiger charge is 2.10. The molecule has 3 aromatic rings. The van der Waals surface area contributed by atoms with E-state index in [2.05, 4.69) is 32.6 Å². The smallest absolute Gasteiger partial charge is 0.227 e. The Morgan fingerprint density at radius 2 is 2.04 bits per heavy atom. The first kappa shape index (κ1) is 17.2. The van der Waals surface area contributed by atoms with Crippen LogP contribution in [0.15, 0.2) is 64.3 Å². The fourth-order valence-electron chi connectivity index (χ4n) is 2.15. The van der Waals surface area contributed by atoms with Gasteiger partial charge in [-0.1, -0.05) is 23.4 Å². The maximum absolute atomic E-state index is 11.9. The summed E-state index contributed by atoms with van der Waals surface area (Å²) in [6.45, 7) is 0.628. The second-order valence-corrected chi connectivity index (χ2v) is 6.43. The first-order valence-electron chi connectivity index (χ1n) is 7.99. The third kappa shape index (κ3) is 5.42. The quantitative estimate of drug-likeness (QED) is 0.495. The van der Waals surface area contributed by atoms with Crippen LogP contribution in [0.25, 0.3) is 11.4 Å². The van der Waals surface area contributed by atoms with Crippen LogP contribution in [0.2, 0.25) is 0 Å². The first-order valence-corrected chi connectivity index (χ1v) is 8.97. The van der Waals surface area contributed by atoms with Crippen molar-refractivity contribution in [2.24, 2.45) is 0 Å². The van der Waals surface area contributed by atoms with E-state index in [4.69, 9.17) is 4.52 Å². The largest absolute Gasteiger partial charge is 0.355 e. The second-order valence-electron chi connectivity index (χ2n) is 5.26. The molecule has 1 amide bonds. The standard InChI is InChI=1S/C18H18N4O2S/c23-16(20-11-12-25-15-6-2-1-3-7-15)8-9-17-21-18(22-24-17)14-5-4-10-19-13-14/h1-7,10,13H,8-9,11-12H2,(H,20,23). The molecule has 1 aromatic carbocycles. The number of aryl methyl sites for hydroxylation is 1. The van der Waals surface area contributed by atoms with Gasteiger partial charge in [0.25, 0.3) is 0 Å². The summed E-state index contributed by atoms with van der Waals surface area (Å²) in [5.41, 5.74) is 0.792. The summed E-state index contributed by atoms with van der Waals surface area (Å²) in [5, 5.41) is 6.81. The van der Waals surface area contributed by atoms with E-state index in [9.17, 15) is 4.79 Å². The predicted molar refractivity (Wildman–Crippen MR) is 96.0 cm³/mol. The topological polar surface area (TPSA) is 80.9 Å². The summed E-state index contributed by atoms with van der Waals surface area (Å²) in [7, 11) is 0. The van der Waals surface area contributed by atoms with Crippen LogP contribution >= 0.6 is 11.8 Å². The average Bonchev–Trinajstić information content (AvgIpc) is 3.14. The van der Waals surface area contributed by atoms with Gasteiger partial charge in [-0.15, -0.1) is 11.8 Å². The van der Waals surface area contributed by atoms with Crippen molar-refractivity contribution in [1.82, 2.24) is 20.4 Å². The van der Waals surface area contributed by atoms with E-state index in [1.54, 1.807) is 24.2 Å². The fraction of sp³-hybridized carbons (Fsp3) is 0.222. The van der Waals surface area contributed by atoms with Gasteiger partial charge in [0.15, 0.2) is 0 Å². The lowest BCUT2D eigenvalue weighted by molar-refractivity contribution is -0.121. The number of rotatable bonds is 8. The fourth-order valence-corrected chi connectivity index (χ4v) is 2.94. The molecule has 3 rings (SSSR count). The van der Waals surface area contributed by atoms with Gasteiger partial charge in [0.2, 0.25) is 17.6 Å². The maximum Gasteiger partial charge on any atom is 0.227 e. The molecule has 0 spiro atoms. The van der Waals surface area contributed by atoms with Crippen LogP contribution in [-0.2, 0) is 11.2 Å². The van der Waals surface area contributed by atoms with Gasteiger partial charge in [-0.2, -0.15) is 4.98 Å². The summed E-state index contributed by atoms with van der Waals surface area (Å²) >= 11 is 1.72. The van der Waals surface area contributed by atoms with Gasteiger partial charge in [0.05, 0.1) is 0 Å². The Balaban J connectivity index is 1.37. The zero-order valence-corrected chi connectivity index (χ0v) is 14.4. The molecule has 0 saturated carbocycles. The number of benzene rings is 1. The molecule has 128 valence electrons. The lowest BCUT2D eigenvalue weighted by Gasteiger charge is -2.04. The van der Waals surface area contributed by atoms with Crippen LogP contribution < -0.4 is 5.32 Å². The molecule has 2 aromatic heterocycles. The van der Waals surface area contributed by atoms with Crippen molar-refractivity contribution in [2.45, 2.75) is 17.7 Å². The Morgan fingerprint density at radius 3 is 2.84 bits per heavy atom. The summed E-state index contributed by atoms with van der Waals surface area (Å²) < 4.78 is 5.18. The van der Waals surface area contributed by atoms with Crippen LogP contribution in [0.4, 0.5) is 0 Å². The second kappa shape index (κ2) is 8.98. The van der Waals surface area contributed by atoms with Crippen molar-refractivity contribution < 1.29 is 9.32 Å². The molecule has 0 bridgehead atoms. The highest BCUT2D eigenvalue weighted by Crippen LogP contribution is 2.16. The molecule has 6 nitrogen and oxygen atoms in total. The maximum atomic E-state index is 11.9. The Bertz CT molecular complexity index is 793. The summed E-state index contributed by atoms with van der Waals surface area (Å²) in [4.78, 5) is 21.4. The molecule has 0 aliphatic carbocycles. The van der Waals surface area contributed by atoms with Gasteiger partial charge in [-0.25, -0.2) is 0 Å². The number of carbonyl (C=O) groups is 1. The number of nitrogens with zero attached hydrogens (tertiary/aromatic N) is 3. The van der Waals surface area contributed by atoms with Crippen molar-refractivity contribution in [1.29, 1.82) is 0 Å². The van der Waals surface area contributed by atoms with E-state index >= 15 is 0 Å². The van der Waals surface area contributed by atoms with Gasteiger partial charge >= 0.3 is 0 Å². The van der Waals surface area contributed by atoms with E-state index in [0.717, 1.165) is 11.3 Å². The number of aromatic nitrogens is 3. The average molecular weight is 354 g/mol. The molecule has 25 heavy (non-hydrogen) atoms. The zero-order chi connectivity index (χ0) is 17.3. The van der Waals surface area contributed by atoms with Crippen molar-refractivity contribution in [3.05, 3.63) is 60.7 Å². The lowest BCUT2D eigenvalue weighted by atomic mass is 10.2. The summed E-state index contributed by atoms with van der Waals surface area (Å²) in [6, 6.07) is 13.8. The number of carbonyl (C=O) groups excluding carboxylic acids is 1. The van der Waals surface area contributed by atoms with E-state index in [-0.39, 0.29) is 5.91 Å². The highest BCUT2D eigenvalue weighted by atomic mass is 32.2. The van der Waals surface area contributed by atoms with Crippen molar-refractivity contribution in [3.63, 3.8) is 0 Å². The van der Waals surface area contributed by atoms with Crippen LogP contribution in [0.1, 0.15) is 12.3 Å². The Kier molecular flexibility index (Phi) is 6.17. The normalized spacial score (nSPS) is 10.6. The molecular weight excluding hydrogens is 336 g/mol. The van der Waals surface area contributed by atoms with Crippen molar-refractivity contribution in [3.8, 4) is 11.4 Å². The molecule has 0 aliphatic rings. The Morgan fingerprint density at radius 1 is 1.16 bits per heavy atom. The monoisotopic (exact) mass is 354 g/mol. The predicted octanol–water partition coefficient (Wildman–Crippen LogP) is 2.97. The van der Waals surface area contributed by atoms with E-state index in [0.29, 0.717) is 31.1 Å². The SMILES string of the molecule is O=C(CCc1nc(-c2cccnc2)no1)NCCSc1ccccc1. The van der Waals surface area contributed by atoms with Gasteiger partial charge in [-0.3, -0.25) is 9.78 Å². The summed E-state index contributed by atoms with van der Waals surface area (Å²) in [6.07, 6.45) is 4.10. The molecule has 0 aliphatic heterocycles. The third-order valence-corrected chi connectivity index (χ3v) is 4.40. The first-order chi connectivity index (χ1) is 12.3. The van der Waals surface area contributed by atoms with Gasteiger partial charge in [0.1, 0.15) is 0 Å². The Labute approximate surface area is 150 Å². The molecular formula is C18H18N4O2S. The minimum Gasteiger partial charge on any atom is -0.355 e. The number of amides is 1. The molecule has 0 radical (unpaired) electrons. The molecule has 0 atom stereocenters.